The zero-order valence-corrected chi connectivity index (χ0v) is 13.7. The van der Waals surface area contributed by atoms with Crippen LogP contribution in [0.4, 0.5) is 0 Å². The van der Waals surface area contributed by atoms with Crippen LogP contribution in [0.3, 0.4) is 0 Å². The number of halogens is 2. The van der Waals surface area contributed by atoms with Gasteiger partial charge in [-0.25, -0.2) is 0 Å². The SMILES string of the molecule is O=C(COc1cc(Cl)ccc1Cl)NC1CCOc2ccccc21. The number of amides is 1. The van der Waals surface area contributed by atoms with Gasteiger partial charge in [0.2, 0.25) is 0 Å². The maximum atomic E-state index is 12.1. The van der Waals surface area contributed by atoms with E-state index in [-0.39, 0.29) is 18.6 Å². The second kappa shape index (κ2) is 7.11. The predicted molar refractivity (Wildman–Crippen MR) is 89.4 cm³/mol. The Morgan fingerprint density at radius 1 is 1.26 bits per heavy atom. The monoisotopic (exact) mass is 351 g/mol. The highest BCUT2D eigenvalue weighted by Crippen LogP contribution is 2.31. The van der Waals surface area contributed by atoms with Crippen LogP contribution in [0.5, 0.6) is 11.5 Å². The number of carbonyl (C=O) groups excluding carboxylic acids is 1. The zero-order chi connectivity index (χ0) is 16.2. The molecule has 0 saturated carbocycles. The van der Waals surface area contributed by atoms with E-state index in [4.69, 9.17) is 32.7 Å². The molecule has 3 rings (SSSR count). The van der Waals surface area contributed by atoms with E-state index < -0.39 is 0 Å². The first-order chi connectivity index (χ1) is 11.1. The van der Waals surface area contributed by atoms with Gasteiger partial charge in [-0.2, -0.15) is 0 Å². The second-order valence-electron chi connectivity index (χ2n) is 5.16. The van der Waals surface area contributed by atoms with Crippen LogP contribution in [-0.4, -0.2) is 19.1 Å². The van der Waals surface area contributed by atoms with Gasteiger partial charge < -0.3 is 14.8 Å². The van der Waals surface area contributed by atoms with Crippen molar-refractivity contribution in [1.82, 2.24) is 5.32 Å². The number of benzene rings is 2. The van der Waals surface area contributed by atoms with Crippen LogP contribution in [0.1, 0.15) is 18.0 Å². The van der Waals surface area contributed by atoms with Crippen molar-refractivity contribution in [2.24, 2.45) is 0 Å². The number of ether oxygens (including phenoxy) is 2. The molecule has 0 bridgehead atoms. The Balaban J connectivity index is 1.61. The summed E-state index contributed by atoms with van der Waals surface area (Å²) in [5.41, 5.74) is 0.980. The van der Waals surface area contributed by atoms with Crippen molar-refractivity contribution in [2.75, 3.05) is 13.2 Å². The second-order valence-corrected chi connectivity index (χ2v) is 6.00. The Hall–Kier alpha value is -1.91. The van der Waals surface area contributed by atoms with Crippen LogP contribution in [0.15, 0.2) is 42.5 Å². The van der Waals surface area contributed by atoms with Gasteiger partial charge in [-0.05, 0) is 18.2 Å². The van der Waals surface area contributed by atoms with Crippen molar-refractivity contribution in [1.29, 1.82) is 0 Å². The summed E-state index contributed by atoms with van der Waals surface area (Å²) in [6.45, 7) is 0.447. The van der Waals surface area contributed by atoms with Gasteiger partial charge in [0.1, 0.15) is 11.5 Å². The minimum absolute atomic E-state index is 0.0779. The highest BCUT2D eigenvalue weighted by molar-refractivity contribution is 6.34. The van der Waals surface area contributed by atoms with Crippen LogP contribution in [0, 0.1) is 0 Å². The third-order valence-electron chi connectivity index (χ3n) is 3.55. The number of fused-ring (bicyclic) bond motifs is 1. The van der Waals surface area contributed by atoms with Crippen molar-refractivity contribution in [3.63, 3.8) is 0 Å². The maximum absolute atomic E-state index is 12.1. The van der Waals surface area contributed by atoms with Crippen molar-refractivity contribution in [3.05, 3.63) is 58.1 Å². The lowest BCUT2D eigenvalue weighted by molar-refractivity contribution is -0.124. The zero-order valence-electron chi connectivity index (χ0n) is 12.2. The Morgan fingerprint density at radius 3 is 2.96 bits per heavy atom. The molecule has 1 aliphatic rings. The van der Waals surface area contributed by atoms with Crippen LogP contribution < -0.4 is 14.8 Å². The third-order valence-corrected chi connectivity index (χ3v) is 4.09. The fourth-order valence-corrected chi connectivity index (χ4v) is 2.79. The highest BCUT2D eigenvalue weighted by Gasteiger charge is 2.22. The summed E-state index contributed by atoms with van der Waals surface area (Å²) in [6.07, 6.45) is 0.723. The molecule has 2 aromatic rings. The average Bonchev–Trinajstić information content (AvgIpc) is 2.56. The Kier molecular flexibility index (Phi) is 4.94. The molecule has 120 valence electrons. The minimum atomic E-state index is -0.220. The van der Waals surface area contributed by atoms with E-state index in [1.165, 1.54) is 0 Å². The molecule has 1 N–H and O–H groups in total. The fourth-order valence-electron chi connectivity index (χ4n) is 2.46. The molecule has 0 radical (unpaired) electrons. The van der Waals surface area contributed by atoms with E-state index in [0.29, 0.717) is 22.4 Å². The lowest BCUT2D eigenvalue weighted by Crippen LogP contribution is -2.35. The van der Waals surface area contributed by atoms with Crippen molar-refractivity contribution in [2.45, 2.75) is 12.5 Å². The average molecular weight is 352 g/mol. The van der Waals surface area contributed by atoms with Gasteiger partial charge in [-0.15, -0.1) is 0 Å². The molecule has 1 atom stereocenters. The van der Waals surface area contributed by atoms with Crippen molar-refractivity contribution < 1.29 is 14.3 Å². The van der Waals surface area contributed by atoms with E-state index in [0.717, 1.165) is 17.7 Å². The largest absolute Gasteiger partial charge is 0.493 e. The summed E-state index contributed by atoms with van der Waals surface area (Å²) < 4.78 is 11.0. The van der Waals surface area contributed by atoms with Crippen LogP contribution in [-0.2, 0) is 4.79 Å². The molecule has 1 heterocycles. The standard InChI is InChI=1S/C17H15Cl2NO3/c18-11-5-6-13(19)16(9-11)23-10-17(21)20-14-7-8-22-15-4-2-1-3-12(14)15/h1-6,9,14H,7-8,10H2,(H,20,21). The molecular weight excluding hydrogens is 337 g/mol. The smallest absolute Gasteiger partial charge is 0.258 e. The summed E-state index contributed by atoms with van der Waals surface area (Å²) in [5, 5.41) is 3.88. The molecule has 0 aliphatic carbocycles. The normalized spacial score (nSPS) is 16.2. The molecule has 0 spiro atoms. The Bertz CT molecular complexity index is 721. The number of hydrogen-bond acceptors (Lipinski definition) is 3. The molecule has 23 heavy (non-hydrogen) atoms. The molecule has 0 fully saturated rings. The third kappa shape index (κ3) is 3.89. The Labute approximate surface area is 144 Å². The number of nitrogens with one attached hydrogen (secondary N) is 1. The van der Waals surface area contributed by atoms with Crippen LogP contribution in [0.2, 0.25) is 10.0 Å². The number of carbonyl (C=O) groups is 1. The topological polar surface area (TPSA) is 47.6 Å². The van der Waals surface area contributed by atoms with E-state index >= 15 is 0 Å². The fraction of sp³-hybridized carbons (Fsp3) is 0.235. The van der Waals surface area contributed by atoms with Crippen molar-refractivity contribution in [3.8, 4) is 11.5 Å². The molecule has 1 aliphatic heterocycles. The number of para-hydroxylation sites is 1. The molecular formula is C17H15Cl2NO3. The quantitative estimate of drug-likeness (QED) is 0.904. The highest BCUT2D eigenvalue weighted by atomic mass is 35.5. The van der Waals surface area contributed by atoms with Crippen LogP contribution >= 0.6 is 23.2 Å². The van der Waals surface area contributed by atoms with Gasteiger partial charge >= 0.3 is 0 Å². The molecule has 1 amide bonds. The molecule has 0 saturated heterocycles. The summed E-state index contributed by atoms with van der Waals surface area (Å²) in [4.78, 5) is 12.1. The molecule has 6 heteroatoms. The summed E-state index contributed by atoms with van der Waals surface area (Å²) in [5.74, 6) is 0.979. The van der Waals surface area contributed by atoms with Gasteiger partial charge in [0.05, 0.1) is 17.7 Å². The lowest BCUT2D eigenvalue weighted by atomic mass is 10.0. The molecule has 0 aromatic heterocycles. The molecule has 1 unspecified atom stereocenters. The molecule has 2 aromatic carbocycles. The van der Waals surface area contributed by atoms with Crippen molar-refractivity contribution >= 4 is 29.1 Å². The van der Waals surface area contributed by atoms with E-state index in [2.05, 4.69) is 5.32 Å². The first-order valence-electron chi connectivity index (χ1n) is 7.22. The van der Waals surface area contributed by atoms with E-state index in [9.17, 15) is 4.79 Å². The maximum Gasteiger partial charge on any atom is 0.258 e. The number of hydrogen-bond donors (Lipinski definition) is 1. The minimum Gasteiger partial charge on any atom is -0.493 e. The lowest BCUT2D eigenvalue weighted by Gasteiger charge is -2.26. The van der Waals surface area contributed by atoms with E-state index in [1.54, 1.807) is 18.2 Å². The molecule has 4 nitrogen and oxygen atoms in total. The predicted octanol–water partition coefficient (Wildman–Crippen LogP) is 4.01. The van der Waals surface area contributed by atoms with Crippen LogP contribution in [0.25, 0.3) is 0 Å². The van der Waals surface area contributed by atoms with Gasteiger partial charge in [-0.3, -0.25) is 4.79 Å². The van der Waals surface area contributed by atoms with Gasteiger partial charge in [0.25, 0.3) is 5.91 Å². The first-order valence-corrected chi connectivity index (χ1v) is 7.98. The summed E-state index contributed by atoms with van der Waals surface area (Å²) in [7, 11) is 0. The summed E-state index contributed by atoms with van der Waals surface area (Å²) in [6, 6.07) is 12.5. The van der Waals surface area contributed by atoms with Gasteiger partial charge in [-0.1, -0.05) is 41.4 Å². The number of rotatable bonds is 4. The van der Waals surface area contributed by atoms with Gasteiger partial charge in [0, 0.05) is 23.1 Å². The van der Waals surface area contributed by atoms with E-state index in [1.807, 2.05) is 24.3 Å². The van der Waals surface area contributed by atoms with Gasteiger partial charge in [0.15, 0.2) is 6.61 Å². The summed E-state index contributed by atoms with van der Waals surface area (Å²) >= 11 is 11.9. The first kappa shape index (κ1) is 16.0. The Morgan fingerprint density at radius 2 is 2.09 bits per heavy atom.